The number of hydrogen-bond donors (Lipinski definition) is 1. The predicted molar refractivity (Wildman–Crippen MR) is 105 cm³/mol. The lowest BCUT2D eigenvalue weighted by Gasteiger charge is -2.12. The van der Waals surface area contributed by atoms with Crippen LogP contribution in [0, 0.1) is 5.92 Å². The monoisotopic (exact) mass is 486 g/mol. The summed E-state index contributed by atoms with van der Waals surface area (Å²) in [6.07, 6.45) is -4.26. The third kappa shape index (κ3) is 4.15. The second-order valence-electron chi connectivity index (χ2n) is 6.96. The van der Waals surface area contributed by atoms with Crippen molar-refractivity contribution in [1.82, 2.24) is 14.8 Å². The van der Waals surface area contributed by atoms with Gasteiger partial charge < -0.3 is 10.5 Å². The van der Waals surface area contributed by atoms with Crippen LogP contribution in [0.2, 0.25) is 5.15 Å². The van der Waals surface area contributed by atoms with Gasteiger partial charge in [0.25, 0.3) is 5.91 Å². The van der Waals surface area contributed by atoms with Gasteiger partial charge in [-0.1, -0.05) is 29.8 Å². The van der Waals surface area contributed by atoms with Crippen LogP contribution in [0.1, 0.15) is 16.8 Å². The fourth-order valence-electron chi connectivity index (χ4n) is 3.06. The predicted octanol–water partition coefficient (Wildman–Crippen LogP) is 3.18. The summed E-state index contributed by atoms with van der Waals surface area (Å²) in [4.78, 5) is 15.3. The van der Waals surface area contributed by atoms with Gasteiger partial charge in [0.1, 0.15) is 11.3 Å². The number of carbonyl (C=O) groups is 1. The second kappa shape index (κ2) is 7.78. The van der Waals surface area contributed by atoms with E-state index in [-0.39, 0.29) is 23.0 Å². The lowest BCUT2D eigenvalue weighted by molar-refractivity contribution is -0.153. The summed E-state index contributed by atoms with van der Waals surface area (Å²) in [5, 5.41) is 3.51. The van der Waals surface area contributed by atoms with Gasteiger partial charge in [-0.25, -0.2) is 18.1 Å². The first-order chi connectivity index (χ1) is 15.0. The summed E-state index contributed by atoms with van der Waals surface area (Å²) in [6.45, 7) is 0. The van der Waals surface area contributed by atoms with Crippen molar-refractivity contribution in [3.05, 3.63) is 59.4 Å². The molecule has 0 bridgehead atoms. The molecule has 4 rings (SSSR count). The van der Waals surface area contributed by atoms with Gasteiger partial charge in [0.15, 0.2) is 5.82 Å². The van der Waals surface area contributed by atoms with Gasteiger partial charge in [-0.3, -0.25) is 4.79 Å². The van der Waals surface area contributed by atoms with Crippen LogP contribution in [-0.2, 0) is 9.84 Å². The van der Waals surface area contributed by atoms with E-state index in [1.165, 1.54) is 36.5 Å². The number of primary amides is 1. The van der Waals surface area contributed by atoms with Gasteiger partial charge in [0.05, 0.1) is 21.3 Å². The van der Waals surface area contributed by atoms with Crippen LogP contribution in [0.4, 0.5) is 13.2 Å². The molecule has 2 atom stereocenters. The molecule has 3 aromatic rings. The Bertz CT molecular complexity index is 1300. The van der Waals surface area contributed by atoms with Crippen LogP contribution in [0.5, 0.6) is 5.88 Å². The topological polar surface area (TPSA) is 117 Å². The molecule has 1 fully saturated rings. The molecule has 0 unspecified atom stereocenters. The van der Waals surface area contributed by atoms with E-state index in [1.807, 2.05) is 0 Å². The zero-order valence-electron chi connectivity index (χ0n) is 16.0. The molecule has 32 heavy (non-hydrogen) atoms. The summed E-state index contributed by atoms with van der Waals surface area (Å²) in [5.41, 5.74) is 4.84. The molecule has 168 valence electrons. The Morgan fingerprint density at radius 1 is 1.22 bits per heavy atom. The molecule has 2 N–H and O–H groups in total. The molecule has 1 aromatic carbocycles. The number of halogens is 4. The number of sulfone groups is 1. The fourth-order valence-corrected chi connectivity index (χ4v) is 4.89. The second-order valence-corrected chi connectivity index (χ2v) is 9.24. The maximum atomic E-state index is 13.1. The Hall–Kier alpha value is -3.12. The Morgan fingerprint density at radius 3 is 2.50 bits per heavy atom. The van der Waals surface area contributed by atoms with E-state index < -0.39 is 49.6 Å². The molecule has 0 aliphatic heterocycles. The zero-order valence-corrected chi connectivity index (χ0v) is 17.5. The molecule has 0 saturated heterocycles. The highest BCUT2D eigenvalue weighted by Crippen LogP contribution is 2.46. The first kappa shape index (κ1) is 22.1. The number of nitrogens with zero attached hydrogens (tertiary/aromatic N) is 3. The molecule has 8 nitrogen and oxygen atoms in total. The van der Waals surface area contributed by atoms with Gasteiger partial charge in [-0.15, -0.1) is 5.10 Å². The average Bonchev–Trinajstić information content (AvgIpc) is 3.35. The fraction of sp³-hybridized carbons (Fsp3) is 0.211. The van der Waals surface area contributed by atoms with Crippen molar-refractivity contribution in [3.8, 4) is 11.7 Å². The average molecular weight is 487 g/mol. The van der Waals surface area contributed by atoms with Gasteiger partial charge in [0.2, 0.25) is 15.7 Å². The van der Waals surface area contributed by atoms with Gasteiger partial charge in [-0.2, -0.15) is 13.2 Å². The van der Waals surface area contributed by atoms with Crippen LogP contribution in [0.3, 0.4) is 0 Å². The van der Waals surface area contributed by atoms with Crippen molar-refractivity contribution in [2.45, 2.75) is 28.5 Å². The third-order valence-corrected chi connectivity index (χ3v) is 6.81. The standard InChI is InChI=1S/C19H14ClF3N4O4S/c20-17-16(18(24)28)13(32(29,30)10-4-2-1-3-5-10)9-14(25-17)27-7-6-15(26-27)31-12-8-11(12)19(21,22)23/h1-7,9,11-12H,8H2,(H2,24,28)/t11-,12+/m0/s1. The molecule has 0 radical (unpaired) electrons. The van der Waals surface area contributed by atoms with Crippen molar-refractivity contribution in [1.29, 1.82) is 0 Å². The molecule has 13 heteroatoms. The van der Waals surface area contributed by atoms with Gasteiger partial charge in [0, 0.05) is 18.3 Å². The Labute approximate surface area is 184 Å². The van der Waals surface area contributed by atoms with Crippen molar-refractivity contribution in [2.75, 3.05) is 0 Å². The van der Waals surface area contributed by atoms with Crippen molar-refractivity contribution in [2.24, 2.45) is 11.7 Å². The van der Waals surface area contributed by atoms with Crippen LogP contribution >= 0.6 is 11.6 Å². The maximum absolute atomic E-state index is 13.1. The number of pyridine rings is 1. The quantitative estimate of drug-likeness (QED) is 0.535. The number of hydrogen-bond acceptors (Lipinski definition) is 6. The summed E-state index contributed by atoms with van der Waals surface area (Å²) >= 11 is 6.07. The molecule has 1 aliphatic rings. The summed E-state index contributed by atoms with van der Waals surface area (Å²) in [7, 11) is -4.22. The van der Waals surface area contributed by atoms with Crippen LogP contribution < -0.4 is 10.5 Å². The SMILES string of the molecule is NC(=O)c1c(S(=O)(=O)c2ccccc2)cc(-n2ccc(O[C@@H]3C[C@@H]3C(F)(F)F)n2)nc1Cl. The van der Waals surface area contributed by atoms with E-state index in [0.717, 1.165) is 10.7 Å². The van der Waals surface area contributed by atoms with E-state index in [2.05, 4.69) is 10.1 Å². The highest BCUT2D eigenvalue weighted by atomic mass is 35.5. The highest BCUT2D eigenvalue weighted by Gasteiger charge is 2.58. The van der Waals surface area contributed by atoms with E-state index >= 15 is 0 Å². The number of rotatable bonds is 6. The van der Waals surface area contributed by atoms with E-state index in [1.54, 1.807) is 6.07 Å². The normalized spacial score (nSPS) is 18.4. The Balaban J connectivity index is 1.71. The minimum Gasteiger partial charge on any atom is -0.473 e. The molecular formula is C19H14ClF3N4O4S. The number of carbonyl (C=O) groups excluding carboxylic acids is 1. The van der Waals surface area contributed by atoms with Gasteiger partial charge in [-0.05, 0) is 18.6 Å². The molecule has 2 heterocycles. The first-order valence-electron chi connectivity index (χ1n) is 9.08. The Morgan fingerprint density at radius 2 is 1.91 bits per heavy atom. The summed E-state index contributed by atoms with van der Waals surface area (Å²) in [6, 6.07) is 9.65. The molecule has 1 amide bonds. The molecular weight excluding hydrogens is 473 g/mol. The largest absolute Gasteiger partial charge is 0.473 e. The minimum absolute atomic E-state index is 0.104. The first-order valence-corrected chi connectivity index (χ1v) is 10.9. The van der Waals surface area contributed by atoms with E-state index in [0.29, 0.717) is 0 Å². The smallest absolute Gasteiger partial charge is 0.395 e. The third-order valence-electron chi connectivity index (χ3n) is 4.74. The minimum atomic E-state index is -4.35. The van der Waals surface area contributed by atoms with Crippen molar-refractivity contribution < 1.29 is 31.1 Å². The number of aromatic nitrogens is 3. The number of nitrogens with two attached hydrogens (primary N) is 1. The Kier molecular flexibility index (Phi) is 5.37. The van der Waals surface area contributed by atoms with Crippen molar-refractivity contribution >= 4 is 27.3 Å². The summed E-state index contributed by atoms with van der Waals surface area (Å²) < 4.78 is 70.6. The molecule has 1 aliphatic carbocycles. The maximum Gasteiger partial charge on any atom is 0.395 e. The van der Waals surface area contributed by atoms with Crippen molar-refractivity contribution in [3.63, 3.8) is 0 Å². The summed E-state index contributed by atoms with van der Waals surface area (Å²) in [5.74, 6) is -2.86. The van der Waals surface area contributed by atoms with E-state index in [9.17, 15) is 26.4 Å². The molecule has 1 saturated carbocycles. The highest BCUT2D eigenvalue weighted by molar-refractivity contribution is 7.91. The van der Waals surface area contributed by atoms with Gasteiger partial charge >= 0.3 is 6.18 Å². The number of ether oxygens (including phenoxy) is 1. The number of amides is 1. The van der Waals surface area contributed by atoms with E-state index in [4.69, 9.17) is 22.1 Å². The van der Waals surface area contributed by atoms with Crippen LogP contribution in [0.15, 0.2) is 58.5 Å². The lowest BCUT2D eigenvalue weighted by atomic mass is 10.2. The molecule has 0 spiro atoms. The number of alkyl halides is 3. The van der Waals surface area contributed by atoms with Crippen LogP contribution in [-0.4, -0.2) is 41.4 Å². The van der Waals surface area contributed by atoms with Crippen LogP contribution in [0.25, 0.3) is 5.82 Å². The zero-order chi connectivity index (χ0) is 23.3. The number of benzene rings is 1. The molecule has 2 aromatic heterocycles. The lowest BCUT2D eigenvalue weighted by Crippen LogP contribution is -2.19.